The lowest BCUT2D eigenvalue weighted by molar-refractivity contribution is 0.510. The SMILES string of the molecule is C=C([C]1CCCCC1)[C]1CCCCC1. The highest BCUT2D eigenvalue weighted by Crippen LogP contribution is 2.40. The molecule has 78 valence electrons. The van der Waals surface area contributed by atoms with E-state index >= 15 is 0 Å². The lowest BCUT2D eigenvalue weighted by Crippen LogP contribution is -2.14. The Kier molecular flexibility index (Phi) is 3.67. The quantitative estimate of drug-likeness (QED) is 0.596. The first kappa shape index (κ1) is 10.3. The molecule has 2 saturated carbocycles. The summed E-state index contributed by atoms with van der Waals surface area (Å²) in [6, 6.07) is 0. The van der Waals surface area contributed by atoms with Gasteiger partial charge in [0, 0.05) is 11.8 Å². The third-order valence-electron chi connectivity index (χ3n) is 3.77. The molecule has 0 amide bonds. The normalized spacial score (nSPS) is 26.3. The fourth-order valence-electron chi connectivity index (χ4n) is 2.81. The molecule has 14 heavy (non-hydrogen) atoms. The Morgan fingerprint density at radius 2 is 1.00 bits per heavy atom. The Hall–Kier alpha value is -0.260. The molecule has 2 aliphatic carbocycles. The molecular weight excluding hydrogens is 168 g/mol. The van der Waals surface area contributed by atoms with Gasteiger partial charge in [0.2, 0.25) is 0 Å². The summed E-state index contributed by atoms with van der Waals surface area (Å²) in [7, 11) is 0. The zero-order valence-electron chi connectivity index (χ0n) is 9.28. The zero-order chi connectivity index (χ0) is 9.80. The summed E-state index contributed by atoms with van der Waals surface area (Å²) in [5.74, 6) is 3.38. The minimum absolute atomic E-state index is 1.34. The van der Waals surface area contributed by atoms with E-state index in [4.69, 9.17) is 0 Å². The summed E-state index contributed by atoms with van der Waals surface area (Å²) in [4.78, 5) is 0. The summed E-state index contributed by atoms with van der Waals surface area (Å²) >= 11 is 0. The van der Waals surface area contributed by atoms with Crippen LogP contribution in [0.25, 0.3) is 0 Å². The molecule has 2 fully saturated rings. The average molecular weight is 190 g/mol. The van der Waals surface area contributed by atoms with E-state index in [1.54, 1.807) is 11.8 Å². The molecule has 2 radical (unpaired) electrons. The Morgan fingerprint density at radius 1 is 0.643 bits per heavy atom. The van der Waals surface area contributed by atoms with Gasteiger partial charge in [-0.3, -0.25) is 0 Å². The van der Waals surface area contributed by atoms with E-state index in [1.807, 2.05) is 0 Å². The molecule has 0 aromatic heterocycles. The van der Waals surface area contributed by atoms with Gasteiger partial charge in [-0.15, -0.1) is 0 Å². The van der Waals surface area contributed by atoms with E-state index in [-0.39, 0.29) is 0 Å². The average Bonchev–Trinajstić information content (AvgIpc) is 2.30. The van der Waals surface area contributed by atoms with E-state index in [2.05, 4.69) is 6.58 Å². The topological polar surface area (TPSA) is 0 Å². The van der Waals surface area contributed by atoms with Gasteiger partial charge in [0.15, 0.2) is 0 Å². The van der Waals surface area contributed by atoms with Crippen molar-refractivity contribution in [2.45, 2.75) is 64.2 Å². The monoisotopic (exact) mass is 190 g/mol. The smallest absolute Gasteiger partial charge is 0.000877 e. The van der Waals surface area contributed by atoms with Crippen molar-refractivity contribution in [1.82, 2.24) is 0 Å². The minimum Gasteiger partial charge on any atom is -0.0987 e. The molecule has 0 bridgehead atoms. The van der Waals surface area contributed by atoms with Gasteiger partial charge < -0.3 is 0 Å². The summed E-state index contributed by atoms with van der Waals surface area (Å²) in [5.41, 5.74) is 1.46. The van der Waals surface area contributed by atoms with Gasteiger partial charge >= 0.3 is 0 Å². The van der Waals surface area contributed by atoms with Crippen LogP contribution in [0.2, 0.25) is 0 Å². The molecular formula is C14H22. The Balaban J connectivity index is 1.85. The van der Waals surface area contributed by atoms with Crippen molar-refractivity contribution in [3.05, 3.63) is 24.0 Å². The van der Waals surface area contributed by atoms with Crippen molar-refractivity contribution in [3.63, 3.8) is 0 Å². The van der Waals surface area contributed by atoms with Gasteiger partial charge in [0.1, 0.15) is 0 Å². The second-order valence-corrected chi connectivity index (χ2v) is 4.81. The second-order valence-electron chi connectivity index (χ2n) is 4.81. The molecule has 2 aliphatic rings. The number of hydrogen-bond donors (Lipinski definition) is 0. The molecule has 0 aliphatic heterocycles. The van der Waals surface area contributed by atoms with E-state index in [9.17, 15) is 0 Å². The van der Waals surface area contributed by atoms with Crippen LogP contribution in [0.1, 0.15) is 64.2 Å². The van der Waals surface area contributed by atoms with Gasteiger partial charge in [-0.25, -0.2) is 0 Å². The van der Waals surface area contributed by atoms with Crippen LogP contribution in [0.15, 0.2) is 12.2 Å². The summed E-state index contributed by atoms with van der Waals surface area (Å²) in [6.07, 6.45) is 13.8. The largest absolute Gasteiger partial charge is 0.0987 e. The van der Waals surface area contributed by atoms with E-state index < -0.39 is 0 Å². The van der Waals surface area contributed by atoms with E-state index in [1.165, 1.54) is 69.8 Å². The highest BCUT2D eigenvalue weighted by atomic mass is 14.3. The summed E-state index contributed by atoms with van der Waals surface area (Å²) in [6.45, 7) is 4.33. The fourth-order valence-corrected chi connectivity index (χ4v) is 2.81. The van der Waals surface area contributed by atoms with Crippen LogP contribution in [-0.4, -0.2) is 0 Å². The van der Waals surface area contributed by atoms with Crippen molar-refractivity contribution in [1.29, 1.82) is 0 Å². The summed E-state index contributed by atoms with van der Waals surface area (Å²) < 4.78 is 0. The van der Waals surface area contributed by atoms with Crippen LogP contribution < -0.4 is 0 Å². The highest BCUT2D eigenvalue weighted by molar-refractivity contribution is 5.36. The van der Waals surface area contributed by atoms with Gasteiger partial charge in [-0.2, -0.15) is 0 Å². The summed E-state index contributed by atoms with van der Waals surface area (Å²) in [5, 5.41) is 0. The molecule has 0 heterocycles. The van der Waals surface area contributed by atoms with Crippen LogP contribution in [0.3, 0.4) is 0 Å². The van der Waals surface area contributed by atoms with Crippen LogP contribution in [0.4, 0.5) is 0 Å². The lowest BCUT2D eigenvalue weighted by Gasteiger charge is -2.30. The lowest BCUT2D eigenvalue weighted by atomic mass is 9.74. The maximum Gasteiger partial charge on any atom is 0.000877 e. The van der Waals surface area contributed by atoms with Crippen molar-refractivity contribution >= 4 is 0 Å². The van der Waals surface area contributed by atoms with Gasteiger partial charge in [-0.1, -0.05) is 50.7 Å². The van der Waals surface area contributed by atoms with Crippen LogP contribution in [0.5, 0.6) is 0 Å². The molecule has 0 atom stereocenters. The van der Waals surface area contributed by atoms with E-state index in [0.29, 0.717) is 0 Å². The van der Waals surface area contributed by atoms with E-state index in [0.717, 1.165) is 0 Å². The third kappa shape index (κ3) is 2.40. The Morgan fingerprint density at radius 3 is 1.36 bits per heavy atom. The Labute approximate surface area is 88.8 Å². The van der Waals surface area contributed by atoms with Gasteiger partial charge in [0.25, 0.3) is 0 Å². The minimum atomic E-state index is 1.34. The van der Waals surface area contributed by atoms with Crippen molar-refractivity contribution in [2.75, 3.05) is 0 Å². The second kappa shape index (κ2) is 5.00. The molecule has 0 saturated heterocycles. The molecule has 0 unspecified atom stereocenters. The van der Waals surface area contributed by atoms with Gasteiger partial charge in [-0.05, 0) is 25.7 Å². The molecule has 0 aromatic carbocycles. The predicted octanol–water partition coefficient (Wildman–Crippen LogP) is 4.62. The first-order valence-electron chi connectivity index (χ1n) is 6.27. The first-order chi connectivity index (χ1) is 6.88. The molecule has 0 spiro atoms. The van der Waals surface area contributed by atoms with Crippen LogP contribution >= 0.6 is 0 Å². The number of allylic oxidation sites excluding steroid dienone is 1. The molecule has 2 rings (SSSR count). The van der Waals surface area contributed by atoms with Crippen LogP contribution in [-0.2, 0) is 0 Å². The zero-order valence-corrected chi connectivity index (χ0v) is 9.28. The molecule has 0 heteroatoms. The van der Waals surface area contributed by atoms with Crippen molar-refractivity contribution in [2.24, 2.45) is 0 Å². The van der Waals surface area contributed by atoms with Gasteiger partial charge in [0.05, 0.1) is 0 Å². The Bertz CT molecular complexity index is 160. The molecule has 0 aromatic rings. The van der Waals surface area contributed by atoms with Crippen molar-refractivity contribution in [3.8, 4) is 0 Å². The fraction of sp³-hybridized carbons (Fsp3) is 0.714. The van der Waals surface area contributed by atoms with Crippen molar-refractivity contribution < 1.29 is 0 Å². The number of hydrogen-bond acceptors (Lipinski definition) is 0. The van der Waals surface area contributed by atoms with Crippen LogP contribution in [0, 0.1) is 11.8 Å². The maximum absolute atomic E-state index is 4.33. The molecule has 0 N–H and O–H groups in total. The standard InChI is InChI=1S/C14H22/c1-12(13-8-4-2-5-9-13)14-10-6-3-7-11-14/h1-11H2. The predicted molar refractivity (Wildman–Crippen MR) is 61.8 cm³/mol. The first-order valence-corrected chi connectivity index (χ1v) is 6.27. The maximum atomic E-state index is 4.33. The highest BCUT2D eigenvalue weighted by Gasteiger charge is 2.24. The molecule has 0 nitrogen and oxygen atoms in total. The third-order valence-corrected chi connectivity index (χ3v) is 3.77. The number of rotatable bonds is 2.